The zero-order chi connectivity index (χ0) is 15.0. The lowest BCUT2D eigenvalue weighted by Gasteiger charge is -2.13. The molecule has 0 radical (unpaired) electrons. The first-order valence-corrected chi connectivity index (χ1v) is 8.50. The summed E-state index contributed by atoms with van der Waals surface area (Å²) in [4.78, 5) is 7.93. The van der Waals surface area contributed by atoms with Gasteiger partial charge in [0.25, 0.3) is 0 Å². The van der Waals surface area contributed by atoms with Gasteiger partial charge in [0.15, 0.2) is 0 Å². The molecule has 0 fully saturated rings. The van der Waals surface area contributed by atoms with Crippen molar-refractivity contribution in [2.24, 2.45) is 0 Å². The monoisotopic (exact) mass is 300 g/mol. The largest absolute Gasteiger partial charge is 0.357 e. The number of nitrogens with one attached hydrogen (secondary N) is 2. The Morgan fingerprint density at radius 1 is 1.20 bits per heavy atom. The van der Waals surface area contributed by atoms with Gasteiger partial charge in [0.2, 0.25) is 16.0 Å². The van der Waals surface area contributed by atoms with Gasteiger partial charge in [-0.3, -0.25) is 0 Å². The third-order valence-electron chi connectivity index (χ3n) is 3.01. The highest BCUT2D eigenvalue weighted by molar-refractivity contribution is 7.89. The minimum atomic E-state index is -3.53. The molecule has 20 heavy (non-hydrogen) atoms. The Morgan fingerprint density at radius 3 is 2.40 bits per heavy atom. The van der Waals surface area contributed by atoms with Gasteiger partial charge < -0.3 is 5.32 Å². The highest BCUT2D eigenvalue weighted by Crippen LogP contribution is 2.11. The van der Waals surface area contributed by atoms with Crippen molar-refractivity contribution >= 4 is 16.0 Å². The maximum atomic E-state index is 12.1. The fraction of sp³-hybridized carbons (Fsp3) is 0.692. The predicted molar refractivity (Wildman–Crippen MR) is 80.1 cm³/mol. The molecular formula is C13H24N4O2S. The third kappa shape index (κ3) is 5.42. The Labute approximate surface area is 121 Å². The molecule has 0 amide bonds. The van der Waals surface area contributed by atoms with E-state index in [4.69, 9.17) is 0 Å². The summed E-state index contributed by atoms with van der Waals surface area (Å²) in [6.07, 6.45) is 8.01. The molecule has 114 valence electrons. The maximum absolute atomic E-state index is 12.1. The van der Waals surface area contributed by atoms with Crippen LogP contribution >= 0.6 is 0 Å². The van der Waals surface area contributed by atoms with Gasteiger partial charge >= 0.3 is 0 Å². The Bertz CT molecular complexity index is 488. The smallest absolute Gasteiger partial charge is 0.243 e. The third-order valence-corrected chi connectivity index (χ3v) is 4.55. The standard InChI is InChI=1S/C13H24N4O2S/c1-4-5-6-7-8-11(2)17-20(18,19)12-9-15-13(14-3)16-10-12/h9-11,17H,4-8H2,1-3H3,(H,14,15,16). The van der Waals surface area contributed by atoms with Gasteiger partial charge in [0.1, 0.15) is 4.90 Å². The lowest BCUT2D eigenvalue weighted by Crippen LogP contribution is -2.32. The second kappa shape index (κ2) is 8.16. The molecule has 1 atom stereocenters. The highest BCUT2D eigenvalue weighted by Gasteiger charge is 2.18. The number of rotatable bonds is 9. The summed E-state index contributed by atoms with van der Waals surface area (Å²) in [5.41, 5.74) is 0. The van der Waals surface area contributed by atoms with E-state index in [9.17, 15) is 8.42 Å². The molecule has 6 nitrogen and oxygen atoms in total. The molecule has 0 bridgehead atoms. The number of unbranched alkanes of at least 4 members (excludes halogenated alkanes) is 3. The van der Waals surface area contributed by atoms with Crippen molar-refractivity contribution < 1.29 is 8.42 Å². The topological polar surface area (TPSA) is 84.0 Å². The molecular weight excluding hydrogens is 276 g/mol. The molecule has 0 aromatic carbocycles. The van der Waals surface area contributed by atoms with Crippen LogP contribution in [0.1, 0.15) is 46.0 Å². The number of anilines is 1. The van der Waals surface area contributed by atoms with Crippen LogP contribution in [-0.2, 0) is 10.0 Å². The van der Waals surface area contributed by atoms with Crippen molar-refractivity contribution in [2.45, 2.75) is 56.9 Å². The van der Waals surface area contributed by atoms with Crippen LogP contribution in [0.2, 0.25) is 0 Å². The molecule has 1 heterocycles. The molecule has 1 aromatic heterocycles. The van der Waals surface area contributed by atoms with Crippen LogP contribution in [0, 0.1) is 0 Å². The molecule has 2 N–H and O–H groups in total. The molecule has 0 aliphatic rings. The van der Waals surface area contributed by atoms with Crippen LogP contribution in [0.4, 0.5) is 5.95 Å². The summed E-state index contributed by atoms with van der Waals surface area (Å²) in [6.45, 7) is 4.03. The van der Waals surface area contributed by atoms with Crippen LogP contribution in [0.5, 0.6) is 0 Å². The van der Waals surface area contributed by atoms with E-state index >= 15 is 0 Å². The van der Waals surface area contributed by atoms with Gasteiger partial charge in [-0.25, -0.2) is 23.1 Å². The second-order valence-electron chi connectivity index (χ2n) is 4.86. The summed E-state index contributed by atoms with van der Waals surface area (Å²) in [5, 5.41) is 2.75. The molecule has 0 spiro atoms. The zero-order valence-corrected chi connectivity index (χ0v) is 13.2. The van der Waals surface area contributed by atoms with Crippen molar-refractivity contribution in [2.75, 3.05) is 12.4 Å². The van der Waals surface area contributed by atoms with Crippen LogP contribution in [0.3, 0.4) is 0 Å². The number of aromatic nitrogens is 2. The Morgan fingerprint density at radius 2 is 1.85 bits per heavy atom. The lowest BCUT2D eigenvalue weighted by molar-refractivity contribution is 0.521. The molecule has 1 rings (SSSR count). The van der Waals surface area contributed by atoms with E-state index in [1.807, 2.05) is 6.92 Å². The predicted octanol–water partition coefficient (Wildman–Crippen LogP) is 2.16. The molecule has 1 unspecified atom stereocenters. The van der Waals surface area contributed by atoms with E-state index in [-0.39, 0.29) is 10.9 Å². The maximum Gasteiger partial charge on any atom is 0.243 e. The number of hydrogen-bond acceptors (Lipinski definition) is 5. The SMILES string of the molecule is CCCCCCC(C)NS(=O)(=O)c1cnc(NC)nc1. The van der Waals surface area contributed by atoms with Crippen LogP contribution in [0.25, 0.3) is 0 Å². The van der Waals surface area contributed by atoms with E-state index in [1.165, 1.54) is 25.2 Å². The van der Waals surface area contributed by atoms with Crippen molar-refractivity contribution in [1.82, 2.24) is 14.7 Å². The first kappa shape index (κ1) is 16.8. The van der Waals surface area contributed by atoms with Crippen molar-refractivity contribution in [3.05, 3.63) is 12.4 Å². The molecule has 7 heteroatoms. The van der Waals surface area contributed by atoms with Crippen LogP contribution in [0.15, 0.2) is 17.3 Å². The molecule has 0 saturated carbocycles. The van der Waals surface area contributed by atoms with Crippen molar-refractivity contribution in [3.8, 4) is 0 Å². The quantitative estimate of drug-likeness (QED) is 0.683. The van der Waals surface area contributed by atoms with E-state index in [0.29, 0.717) is 5.95 Å². The van der Waals surface area contributed by atoms with E-state index in [0.717, 1.165) is 19.3 Å². The Hall–Kier alpha value is -1.21. The summed E-state index contributed by atoms with van der Waals surface area (Å²) in [5.74, 6) is 0.400. The summed E-state index contributed by atoms with van der Waals surface area (Å²) >= 11 is 0. The summed E-state index contributed by atoms with van der Waals surface area (Å²) in [6, 6.07) is -0.0826. The first-order chi connectivity index (χ1) is 9.49. The molecule has 0 aliphatic carbocycles. The van der Waals surface area contributed by atoms with Gasteiger partial charge in [-0.1, -0.05) is 32.6 Å². The van der Waals surface area contributed by atoms with Crippen molar-refractivity contribution in [3.63, 3.8) is 0 Å². The van der Waals surface area contributed by atoms with Gasteiger partial charge in [-0.2, -0.15) is 0 Å². The van der Waals surface area contributed by atoms with Gasteiger partial charge in [0, 0.05) is 13.1 Å². The van der Waals surface area contributed by atoms with Gasteiger partial charge in [-0.05, 0) is 13.3 Å². The van der Waals surface area contributed by atoms with E-state index < -0.39 is 10.0 Å². The average Bonchev–Trinajstić information content (AvgIpc) is 2.43. The molecule has 1 aromatic rings. The van der Waals surface area contributed by atoms with Gasteiger partial charge in [-0.15, -0.1) is 0 Å². The molecule has 0 saturated heterocycles. The number of hydrogen-bond donors (Lipinski definition) is 2. The minimum Gasteiger partial charge on any atom is -0.357 e. The van der Waals surface area contributed by atoms with Crippen LogP contribution < -0.4 is 10.0 Å². The van der Waals surface area contributed by atoms with E-state index in [1.54, 1.807) is 7.05 Å². The summed E-state index contributed by atoms with van der Waals surface area (Å²) in [7, 11) is -1.85. The molecule has 0 aliphatic heterocycles. The number of nitrogens with zero attached hydrogens (tertiary/aromatic N) is 2. The van der Waals surface area contributed by atoms with E-state index in [2.05, 4.69) is 26.9 Å². The lowest BCUT2D eigenvalue weighted by atomic mass is 10.1. The second-order valence-corrected chi connectivity index (χ2v) is 6.58. The zero-order valence-electron chi connectivity index (χ0n) is 12.4. The fourth-order valence-electron chi connectivity index (χ4n) is 1.85. The Balaban J connectivity index is 2.55. The number of sulfonamides is 1. The minimum absolute atomic E-state index is 0.0826. The van der Waals surface area contributed by atoms with Crippen LogP contribution in [-0.4, -0.2) is 31.5 Å². The normalized spacial score (nSPS) is 13.2. The Kier molecular flexibility index (Phi) is 6.87. The summed E-state index contributed by atoms with van der Waals surface area (Å²) < 4.78 is 26.9. The average molecular weight is 300 g/mol. The highest BCUT2D eigenvalue weighted by atomic mass is 32.2. The first-order valence-electron chi connectivity index (χ1n) is 7.01. The fourth-order valence-corrected chi connectivity index (χ4v) is 3.02. The van der Waals surface area contributed by atoms with Crippen molar-refractivity contribution in [1.29, 1.82) is 0 Å². The van der Waals surface area contributed by atoms with Gasteiger partial charge in [0.05, 0.1) is 12.4 Å².